The lowest BCUT2D eigenvalue weighted by Gasteiger charge is -2.36. The number of nitrogens with one attached hydrogen (secondary N) is 1. The summed E-state index contributed by atoms with van der Waals surface area (Å²) >= 11 is 0. The topological polar surface area (TPSA) is 41.6 Å². The van der Waals surface area contributed by atoms with Gasteiger partial charge in [0.2, 0.25) is 0 Å². The van der Waals surface area contributed by atoms with E-state index in [9.17, 15) is 18.0 Å². The summed E-state index contributed by atoms with van der Waals surface area (Å²) in [6.45, 7) is 6.00. The largest absolute Gasteiger partial charge is 0.468 e. The Morgan fingerprint density at radius 2 is 1.84 bits per heavy atom. The van der Waals surface area contributed by atoms with Crippen LogP contribution in [0.2, 0.25) is 0 Å². The normalized spacial score (nSPS) is 15.7. The maximum atomic E-state index is 12.5. The van der Waals surface area contributed by atoms with Gasteiger partial charge >= 0.3 is 12.1 Å². The highest BCUT2D eigenvalue weighted by Gasteiger charge is 2.39. The van der Waals surface area contributed by atoms with Crippen molar-refractivity contribution in [2.24, 2.45) is 0 Å². The molecule has 4 nitrogen and oxygen atoms in total. The zero-order chi connectivity index (χ0) is 15.3. The first-order valence-corrected chi connectivity index (χ1v) is 6.20. The fourth-order valence-electron chi connectivity index (χ4n) is 1.87. The molecule has 114 valence electrons. The molecule has 0 aromatic rings. The van der Waals surface area contributed by atoms with Crippen LogP contribution in [0.5, 0.6) is 0 Å². The van der Waals surface area contributed by atoms with Gasteiger partial charge in [-0.3, -0.25) is 9.69 Å². The van der Waals surface area contributed by atoms with Gasteiger partial charge in [0.25, 0.3) is 0 Å². The van der Waals surface area contributed by atoms with Crippen molar-refractivity contribution in [3.05, 3.63) is 0 Å². The summed E-state index contributed by atoms with van der Waals surface area (Å²) in [5.74, 6) is -0.567. The summed E-state index contributed by atoms with van der Waals surface area (Å²) in [7, 11) is 1.22. The lowest BCUT2D eigenvalue weighted by Crippen LogP contribution is -2.59. The minimum atomic E-state index is -4.30. The number of carbonyl (C=O) groups is 1. The number of likely N-dealkylation sites (N-methyl/N-ethyl adjacent to an activating group) is 1. The SMILES string of the molecule is CCNC(C)(CN(CC(F)(F)F)C(C)C)C(=O)OC. The number of halogens is 3. The average Bonchev–Trinajstić information content (AvgIpc) is 2.25. The van der Waals surface area contributed by atoms with E-state index in [-0.39, 0.29) is 12.6 Å². The van der Waals surface area contributed by atoms with Crippen LogP contribution < -0.4 is 5.32 Å². The molecule has 0 spiro atoms. The Morgan fingerprint density at radius 3 is 2.16 bits per heavy atom. The Kier molecular flexibility index (Phi) is 6.79. The van der Waals surface area contributed by atoms with Gasteiger partial charge in [0.15, 0.2) is 0 Å². The number of carbonyl (C=O) groups excluding carboxylic acids is 1. The van der Waals surface area contributed by atoms with Crippen LogP contribution in [-0.4, -0.2) is 55.4 Å². The van der Waals surface area contributed by atoms with Crippen molar-refractivity contribution in [2.45, 2.75) is 45.5 Å². The molecule has 19 heavy (non-hydrogen) atoms. The van der Waals surface area contributed by atoms with Gasteiger partial charge in [-0.15, -0.1) is 0 Å². The molecule has 0 fully saturated rings. The highest BCUT2D eigenvalue weighted by molar-refractivity contribution is 5.80. The monoisotopic (exact) mass is 284 g/mol. The Bertz CT molecular complexity index is 295. The van der Waals surface area contributed by atoms with E-state index in [4.69, 9.17) is 0 Å². The minimum Gasteiger partial charge on any atom is -0.468 e. The number of hydrogen-bond acceptors (Lipinski definition) is 4. The average molecular weight is 284 g/mol. The Morgan fingerprint density at radius 1 is 1.32 bits per heavy atom. The van der Waals surface area contributed by atoms with Crippen LogP contribution in [0.3, 0.4) is 0 Å². The maximum absolute atomic E-state index is 12.5. The number of ether oxygens (including phenoxy) is 1. The number of esters is 1. The molecule has 0 aliphatic carbocycles. The molecule has 0 rings (SSSR count). The van der Waals surface area contributed by atoms with Crippen LogP contribution in [-0.2, 0) is 9.53 Å². The van der Waals surface area contributed by atoms with Gasteiger partial charge in [-0.2, -0.15) is 13.2 Å². The summed E-state index contributed by atoms with van der Waals surface area (Å²) in [5, 5.41) is 2.90. The molecule has 1 N–H and O–H groups in total. The number of methoxy groups -OCH3 is 1. The fourth-order valence-corrected chi connectivity index (χ4v) is 1.87. The zero-order valence-electron chi connectivity index (χ0n) is 12.1. The minimum absolute atomic E-state index is 0.0648. The van der Waals surface area contributed by atoms with Crippen molar-refractivity contribution in [1.82, 2.24) is 10.2 Å². The molecule has 0 aromatic carbocycles. The summed E-state index contributed by atoms with van der Waals surface area (Å²) in [6, 6.07) is -0.329. The first kappa shape index (κ1) is 18.2. The number of alkyl halides is 3. The van der Waals surface area contributed by atoms with E-state index in [0.29, 0.717) is 6.54 Å². The van der Waals surface area contributed by atoms with Gasteiger partial charge in [0.05, 0.1) is 13.7 Å². The molecule has 0 saturated heterocycles. The smallest absolute Gasteiger partial charge is 0.401 e. The van der Waals surface area contributed by atoms with E-state index in [1.54, 1.807) is 27.7 Å². The summed E-state index contributed by atoms with van der Waals surface area (Å²) in [5.41, 5.74) is -1.15. The van der Waals surface area contributed by atoms with Crippen molar-refractivity contribution >= 4 is 5.97 Å². The van der Waals surface area contributed by atoms with E-state index in [1.165, 1.54) is 12.0 Å². The molecule has 1 atom stereocenters. The third kappa shape index (κ3) is 6.24. The van der Waals surface area contributed by atoms with E-state index in [2.05, 4.69) is 10.1 Å². The predicted molar refractivity (Wildman–Crippen MR) is 66.9 cm³/mol. The molecule has 1 unspecified atom stereocenters. The zero-order valence-corrected chi connectivity index (χ0v) is 12.1. The second-order valence-electron chi connectivity index (χ2n) is 4.97. The van der Waals surface area contributed by atoms with E-state index in [1.807, 2.05) is 0 Å². The van der Waals surface area contributed by atoms with Crippen molar-refractivity contribution in [2.75, 3.05) is 26.7 Å². The van der Waals surface area contributed by atoms with Gasteiger partial charge in [-0.1, -0.05) is 6.92 Å². The Balaban J connectivity index is 5.00. The quantitative estimate of drug-likeness (QED) is 0.724. The molecule has 7 heteroatoms. The Labute approximate surface area is 112 Å². The number of nitrogens with zero attached hydrogens (tertiary/aromatic N) is 1. The van der Waals surface area contributed by atoms with Gasteiger partial charge in [0, 0.05) is 12.6 Å². The summed E-state index contributed by atoms with van der Waals surface area (Å²) < 4.78 is 42.3. The first-order chi connectivity index (χ1) is 8.55. The van der Waals surface area contributed by atoms with Gasteiger partial charge in [-0.05, 0) is 27.3 Å². The van der Waals surface area contributed by atoms with Gasteiger partial charge < -0.3 is 10.1 Å². The van der Waals surface area contributed by atoms with Crippen LogP contribution in [0.1, 0.15) is 27.7 Å². The van der Waals surface area contributed by atoms with Gasteiger partial charge in [-0.25, -0.2) is 0 Å². The van der Waals surface area contributed by atoms with E-state index >= 15 is 0 Å². The second-order valence-corrected chi connectivity index (χ2v) is 4.97. The van der Waals surface area contributed by atoms with Crippen LogP contribution >= 0.6 is 0 Å². The van der Waals surface area contributed by atoms with E-state index in [0.717, 1.165) is 0 Å². The fraction of sp³-hybridized carbons (Fsp3) is 0.917. The van der Waals surface area contributed by atoms with Crippen LogP contribution in [0.15, 0.2) is 0 Å². The second kappa shape index (κ2) is 7.09. The lowest BCUT2D eigenvalue weighted by atomic mass is 10.0. The molecule has 0 saturated carbocycles. The van der Waals surface area contributed by atoms with Crippen LogP contribution in [0.25, 0.3) is 0 Å². The maximum Gasteiger partial charge on any atom is 0.401 e. The van der Waals surface area contributed by atoms with Gasteiger partial charge in [0.1, 0.15) is 5.54 Å². The van der Waals surface area contributed by atoms with Crippen molar-refractivity contribution < 1.29 is 22.7 Å². The number of rotatable bonds is 7. The molecule has 0 bridgehead atoms. The molecule has 0 aliphatic rings. The molecular formula is C12H23F3N2O2. The molecule has 0 heterocycles. The highest BCUT2D eigenvalue weighted by Crippen LogP contribution is 2.20. The van der Waals surface area contributed by atoms with Crippen LogP contribution in [0.4, 0.5) is 13.2 Å². The molecule has 0 aliphatic heterocycles. The lowest BCUT2D eigenvalue weighted by molar-refractivity contribution is -0.160. The molecule has 0 amide bonds. The first-order valence-electron chi connectivity index (χ1n) is 6.20. The van der Waals surface area contributed by atoms with Crippen molar-refractivity contribution in [3.63, 3.8) is 0 Å². The standard InChI is InChI=1S/C12H23F3N2O2/c1-6-16-11(4,10(18)19-5)7-17(9(2)3)8-12(13,14)15/h9,16H,6-8H2,1-5H3. The summed E-state index contributed by atoms with van der Waals surface area (Å²) in [6.07, 6.45) is -4.30. The number of hydrogen-bond donors (Lipinski definition) is 1. The van der Waals surface area contributed by atoms with Crippen LogP contribution in [0, 0.1) is 0 Å². The molecular weight excluding hydrogens is 261 g/mol. The third-order valence-corrected chi connectivity index (χ3v) is 2.83. The Hall–Kier alpha value is -0.820. The molecule has 0 aromatic heterocycles. The summed E-state index contributed by atoms with van der Waals surface area (Å²) in [4.78, 5) is 13.0. The third-order valence-electron chi connectivity index (χ3n) is 2.83. The van der Waals surface area contributed by atoms with E-state index < -0.39 is 24.2 Å². The predicted octanol–water partition coefficient (Wildman–Crippen LogP) is 1.80. The molecule has 0 radical (unpaired) electrons. The highest BCUT2D eigenvalue weighted by atomic mass is 19.4. The van der Waals surface area contributed by atoms with Crippen molar-refractivity contribution in [1.29, 1.82) is 0 Å². The van der Waals surface area contributed by atoms with Crippen molar-refractivity contribution in [3.8, 4) is 0 Å².